The van der Waals surface area contributed by atoms with Crippen LogP contribution >= 0.6 is 11.8 Å². The molecule has 4 nitrogen and oxygen atoms in total. The molecule has 1 aliphatic heterocycles. The van der Waals surface area contributed by atoms with Crippen LogP contribution < -0.4 is 0 Å². The zero-order valence-electron chi connectivity index (χ0n) is 5.54. The van der Waals surface area contributed by atoms with Gasteiger partial charge in [-0.15, -0.1) is 11.8 Å². The number of rotatable bonds is 2. The molecule has 0 aromatic carbocycles. The number of aliphatic carboxylic acids is 1. The molecule has 11 heavy (non-hydrogen) atoms. The minimum absolute atomic E-state index is 1.21. The van der Waals surface area contributed by atoms with Gasteiger partial charge in [0.15, 0.2) is 0 Å². The van der Waals surface area contributed by atoms with Crippen molar-refractivity contribution in [3.8, 4) is 0 Å². The lowest BCUT2D eigenvalue weighted by Crippen LogP contribution is -2.34. The van der Waals surface area contributed by atoms with E-state index in [4.69, 9.17) is 10.2 Å². The second kappa shape index (κ2) is 3.45. The van der Waals surface area contributed by atoms with Crippen molar-refractivity contribution >= 4 is 17.7 Å². The zero-order chi connectivity index (χ0) is 8.27. The maximum Gasteiger partial charge on any atom is 0.354 e. The first-order valence-electron chi connectivity index (χ1n) is 2.89. The lowest BCUT2D eigenvalue weighted by molar-refractivity contribution is -0.152. The van der Waals surface area contributed by atoms with Crippen molar-refractivity contribution in [1.82, 2.24) is 4.90 Å². The van der Waals surface area contributed by atoms with E-state index >= 15 is 0 Å². The molecule has 0 aromatic heterocycles. The molecule has 0 radical (unpaired) electrons. The molecule has 1 aliphatic rings. The number of nitrogens with zero attached hydrogens (tertiary/aromatic N) is 1. The number of hydrogen-bond acceptors (Lipinski definition) is 4. The van der Waals surface area contributed by atoms with Gasteiger partial charge < -0.3 is 15.1 Å². The van der Waals surface area contributed by atoms with Gasteiger partial charge in [-0.25, -0.2) is 4.79 Å². The number of aliphatic hydroxyl groups is 1. The van der Waals surface area contributed by atoms with E-state index in [-0.39, 0.29) is 0 Å². The number of carboxylic acid groups (broad SMARTS) is 1. The van der Waals surface area contributed by atoms with Crippen molar-refractivity contribution in [3.05, 3.63) is 23.2 Å². The van der Waals surface area contributed by atoms with E-state index in [2.05, 4.69) is 0 Å². The summed E-state index contributed by atoms with van der Waals surface area (Å²) >= 11 is 1.42. The van der Waals surface area contributed by atoms with E-state index in [0.29, 0.717) is 0 Å². The fourth-order valence-electron chi connectivity index (χ4n) is 0.596. The molecule has 0 bridgehead atoms. The first-order chi connectivity index (χ1) is 5.22. The van der Waals surface area contributed by atoms with Crippen molar-refractivity contribution < 1.29 is 15.0 Å². The predicted molar refractivity (Wildman–Crippen MR) is 41.4 cm³/mol. The summed E-state index contributed by atoms with van der Waals surface area (Å²) in [6.45, 7) is 0. The molecule has 1 unspecified atom stereocenters. The Kier molecular flexibility index (Phi) is 2.56. The lowest BCUT2D eigenvalue weighted by atomic mass is 10.5. The topological polar surface area (TPSA) is 60.8 Å². The van der Waals surface area contributed by atoms with Gasteiger partial charge in [-0.05, 0) is 10.8 Å². The minimum Gasteiger partial charge on any atom is -0.478 e. The molecule has 60 valence electrons. The Hall–Kier alpha value is -0.940. The molecule has 1 rings (SSSR count). The Morgan fingerprint density at radius 2 is 2.00 bits per heavy atom. The van der Waals surface area contributed by atoms with Gasteiger partial charge in [-0.3, -0.25) is 0 Å². The molecule has 0 aliphatic carbocycles. The van der Waals surface area contributed by atoms with Crippen molar-refractivity contribution in [1.29, 1.82) is 0 Å². The smallest absolute Gasteiger partial charge is 0.354 e. The van der Waals surface area contributed by atoms with Crippen LogP contribution in [0.1, 0.15) is 0 Å². The molecular weight excluding hydrogens is 166 g/mol. The van der Waals surface area contributed by atoms with Gasteiger partial charge in [-0.2, -0.15) is 0 Å². The van der Waals surface area contributed by atoms with Gasteiger partial charge in [0.1, 0.15) is 0 Å². The number of aliphatic hydroxyl groups excluding tert-OH is 1. The highest BCUT2D eigenvalue weighted by Gasteiger charge is 2.18. The Bertz CT molecular complexity index is 202. The summed E-state index contributed by atoms with van der Waals surface area (Å²) in [6, 6.07) is 0. The molecule has 1 heterocycles. The molecule has 0 spiro atoms. The third kappa shape index (κ3) is 1.99. The largest absolute Gasteiger partial charge is 0.478 e. The highest BCUT2D eigenvalue weighted by molar-refractivity contribution is 8.04. The first-order valence-corrected chi connectivity index (χ1v) is 3.83. The van der Waals surface area contributed by atoms with Gasteiger partial charge in [0.05, 0.1) is 0 Å². The van der Waals surface area contributed by atoms with Gasteiger partial charge in [0.25, 0.3) is 0 Å². The zero-order valence-corrected chi connectivity index (χ0v) is 6.36. The number of thioether (sulfide) groups is 1. The van der Waals surface area contributed by atoms with E-state index in [1.54, 1.807) is 10.8 Å². The van der Waals surface area contributed by atoms with Crippen LogP contribution in [0.2, 0.25) is 0 Å². The fourth-order valence-corrected chi connectivity index (χ4v) is 1.11. The normalized spacial score (nSPS) is 18.5. The summed E-state index contributed by atoms with van der Waals surface area (Å²) in [7, 11) is 0. The van der Waals surface area contributed by atoms with Crippen LogP contribution in [-0.2, 0) is 4.79 Å². The molecule has 5 heteroatoms. The summed E-state index contributed by atoms with van der Waals surface area (Å²) in [6.07, 6.45) is 1.52. The molecule has 1 atom stereocenters. The molecule has 0 saturated carbocycles. The summed E-state index contributed by atoms with van der Waals surface area (Å²) < 4.78 is 0. The molecular formula is C6H7NO3S. The van der Waals surface area contributed by atoms with Gasteiger partial charge >= 0.3 is 5.97 Å². The summed E-state index contributed by atoms with van der Waals surface area (Å²) in [5.74, 6) is -1.26. The van der Waals surface area contributed by atoms with Crippen LogP contribution in [0.15, 0.2) is 23.2 Å². The Morgan fingerprint density at radius 1 is 1.45 bits per heavy atom. The summed E-state index contributed by atoms with van der Waals surface area (Å²) in [5.41, 5.74) is 0. The van der Waals surface area contributed by atoms with E-state index in [9.17, 15) is 4.79 Å². The van der Waals surface area contributed by atoms with Crippen molar-refractivity contribution in [2.45, 2.75) is 6.23 Å². The predicted octanol–water partition coefficient (Wildman–Crippen LogP) is 0.381. The van der Waals surface area contributed by atoms with Crippen molar-refractivity contribution in [2.24, 2.45) is 0 Å². The van der Waals surface area contributed by atoms with Gasteiger partial charge in [-0.1, -0.05) is 0 Å². The third-order valence-electron chi connectivity index (χ3n) is 1.13. The Labute approximate surface area is 67.8 Å². The Morgan fingerprint density at radius 3 is 2.45 bits per heavy atom. The average Bonchev–Trinajstić information content (AvgIpc) is 2.05. The molecule has 0 saturated heterocycles. The lowest BCUT2D eigenvalue weighted by Gasteiger charge is -2.20. The third-order valence-corrected chi connectivity index (χ3v) is 1.68. The summed E-state index contributed by atoms with van der Waals surface area (Å²) in [5, 5.41) is 20.7. The first kappa shape index (κ1) is 8.16. The molecule has 2 N–H and O–H groups in total. The Balaban J connectivity index is 2.59. The van der Waals surface area contributed by atoms with E-state index in [0.717, 1.165) is 0 Å². The standard InChI is InChI=1S/C6H7NO3S/c8-5(6(9)10)7-1-3-11-4-2-7/h1-5,8H,(H,9,10). The number of carbonyl (C=O) groups is 1. The van der Waals surface area contributed by atoms with Crippen LogP contribution in [0.5, 0.6) is 0 Å². The van der Waals surface area contributed by atoms with Gasteiger partial charge in [0, 0.05) is 12.4 Å². The second-order valence-corrected chi connectivity index (χ2v) is 2.68. The van der Waals surface area contributed by atoms with Crippen molar-refractivity contribution in [3.63, 3.8) is 0 Å². The second-order valence-electron chi connectivity index (χ2n) is 1.87. The molecule has 0 amide bonds. The maximum atomic E-state index is 10.2. The van der Waals surface area contributed by atoms with Gasteiger partial charge in [0.2, 0.25) is 6.23 Å². The molecule has 0 fully saturated rings. The van der Waals surface area contributed by atoms with E-state index in [1.165, 1.54) is 29.1 Å². The quantitative estimate of drug-likeness (QED) is 0.632. The van der Waals surface area contributed by atoms with Crippen LogP contribution in [0.3, 0.4) is 0 Å². The van der Waals surface area contributed by atoms with E-state index in [1.807, 2.05) is 0 Å². The molecule has 0 aromatic rings. The van der Waals surface area contributed by atoms with Crippen LogP contribution in [0.4, 0.5) is 0 Å². The summed E-state index contributed by atoms with van der Waals surface area (Å²) in [4.78, 5) is 11.4. The minimum atomic E-state index is -1.48. The van der Waals surface area contributed by atoms with Crippen LogP contribution in [-0.4, -0.2) is 27.3 Å². The van der Waals surface area contributed by atoms with Crippen molar-refractivity contribution in [2.75, 3.05) is 0 Å². The SMILES string of the molecule is O=C(O)C(O)N1C=CSC=C1. The highest BCUT2D eigenvalue weighted by Crippen LogP contribution is 2.13. The maximum absolute atomic E-state index is 10.2. The van der Waals surface area contributed by atoms with Crippen LogP contribution in [0.25, 0.3) is 0 Å². The fraction of sp³-hybridized carbons (Fsp3) is 0.167. The number of carboxylic acids is 1. The number of hydrogen-bond donors (Lipinski definition) is 2. The van der Waals surface area contributed by atoms with Crippen LogP contribution in [0, 0.1) is 0 Å². The monoisotopic (exact) mass is 173 g/mol. The highest BCUT2D eigenvalue weighted by atomic mass is 32.2. The van der Waals surface area contributed by atoms with E-state index < -0.39 is 12.2 Å². The average molecular weight is 173 g/mol.